The van der Waals surface area contributed by atoms with Gasteiger partial charge in [0.2, 0.25) is 5.91 Å². The lowest BCUT2D eigenvalue weighted by Crippen LogP contribution is -2.39. The van der Waals surface area contributed by atoms with E-state index in [0.717, 1.165) is 24.2 Å². The number of oxime groups is 1. The van der Waals surface area contributed by atoms with Gasteiger partial charge in [-0.2, -0.15) is 0 Å². The maximum atomic E-state index is 13.0. The second-order valence-corrected chi connectivity index (χ2v) is 7.55. The lowest BCUT2D eigenvalue weighted by Gasteiger charge is -2.27. The van der Waals surface area contributed by atoms with Gasteiger partial charge in [-0.05, 0) is 29.5 Å². The van der Waals surface area contributed by atoms with Gasteiger partial charge < -0.3 is 9.74 Å². The first-order chi connectivity index (χ1) is 11.3. The summed E-state index contributed by atoms with van der Waals surface area (Å²) in [5, 5.41) is 4.12. The van der Waals surface area contributed by atoms with E-state index in [9.17, 15) is 9.18 Å². The summed E-state index contributed by atoms with van der Waals surface area (Å²) in [7, 11) is 0. The standard InChI is InChI=1S/C19H27FN2O2/c1-5-10-22(18(23)12-19(2,3)4)13-16-11-17(21-24-16)14-6-8-15(20)9-7-14/h6-9,16H,5,10-13H2,1-4H3/t16-/m1/s1. The zero-order valence-electron chi connectivity index (χ0n) is 15.0. The van der Waals surface area contributed by atoms with Crippen molar-refractivity contribution in [2.75, 3.05) is 13.1 Å². The van der Waals surface area contributed by atoms with Crippen molar-refractivity contribution < 1.29 is 14.0 Å². The largest absolute Gasteiger partial charge is 0.390 e. The van der Waals surface area contributed by atoms with E-state index in [1.807, 2.05) is 4.90 Å². The summed E-state index contributed by atoms with van der Waals surface area (Å²) in [5.41, 5.74) is 1.64. The highest BCUT2D eigenvalue weighted by atomic mass is 19.1. The quantitative estimate of drug-likeness (QED) is 0.789. The Kier molecular flexibility index (Phi) is 5.97. The maximum absolute atomic E-state index is 13.0. The number of amides is 1. The van der Waals surface area contributed by atoms with Gasteiger partial charge >= 0.3 is 0 Å². The van der Waals surface area contributed by atoms with Crippen molar-refractivity contribution in [3.8, 4) is 0 Å². The van der Waals surface area contributed by atoms with Gasteiger partial charge in [0.1, 0.15) is 5.82 Å². The average Bonchev–Trinajstić information content (AvgIpc) is 2.94. The van der Waals surface area contributed by atoms with Crippen LogP contribution in [0.25, 0.3) is 0 Å². The second kappa shape index (κ2) is 7.77. The van der Waals surface area contributed by atoms with Crippen molar-refractivity contribution in [3.05, 3.63) is 35.6 Å². The highest BCUT2D eigenvalue weighted by Crippen LogP contribution is 2.22. The first-order valence-corrected chi connectivity index (χ1v) is 8.55. The molecule has 1 aliphatic heterocycles. The molecular formula is C19H27FN2O2. The number of carbonyl (C=O) groups is 1. The zero-order chi connectivity index (χ0) is 17.7. The molecule has 0 unspecified atom stereocenters. The Morgan fingerprint density at radius 3 is 2.58 bits per heavy atom. The summed E-state index contributed by atoms with van der Waals surface area (Å²) in [5.74, 6) is -0.111. The summed E-state index contributed by atoms with van der Waals surface area (Å²) in [6.07, 6.45) is 1.93. The van der Waals surface area contributed by atoms with E-state index in [1.54, 1.807) is 12.1 Å². The van der Waals surface area contributed by atoms with Crippen molar-refractivity contribution >= 4 is 11.6 Å². The molecule has 0 radical (unpaired) electrons. The van der Waals surface area contributed by atoms with E-state index in [0.29, 0.717) is 19.4 Å². The molecule has 132 valence electrons. The lowest BCUT2D eigenvalue weighted by molar-refractivity contribution is -0.134. The topological polar surface area (TPSA) is 41.9 Å². The summed E-state index contributed by atoms with van der Waals surface area (Å²) in [4.78, 5) is 19.9. The van der Waals surface area contributed by atoms with Crippen LogP contribution < -0.4 is 0 Å². The lowest BCUT2D eigenvalue weighted by atomic mass is 9.91. The van der Waals surface area contributed by atoms with Crippen LogP contribution >= 0.6 is 0 Å². The number of hydrogen-bond acceptors (Lipinski definition) is 3. The molecule has 1 heterocycles. The van der Waals surface area contributed by atoms with Crippen LogP contribution in [0.15, 0.2) is 29.4 Å². The van der Waals surface area contributed by atoms with E-state index in [1.165, 1.54) is 12.1 Å². The van der Waals surface area contributed by atoms with Crippen molar-refractivity contribution in [1.82, 2.24) is 4.90 Å². The van der Waals surface area contributed by atoms with Crippen LogP contribution in [0.5, 0.6) is 0 Å². The molecule has 4 nitrogen and oxygen atoms in total. The molecule has 0 bridgehead atoms. The molecule has 1 aliphatic rings. The molecule has 5 heteroatoms. The molecule has 0 aliphatic carbocycles. The summed E-state index contributed by atoms with van der Waals surface area (Å²) in [6.45, 7) is 9.52. The van der Waals surface area contributed by atoms with Crippen LogP contribution in [0, 0.1) is 11.2 Å². The first kappa shape index (κ1) is 18.4. The van der Waals surface area contributed by atoms with Gasteiger partial charge in [-0.15, -0.1) is 0 Å². The fraction of sp³-hybridized carbons (Fsp3) is 0.579. The van der Waals surface area contributed by atoms with Gasteiger partial charge in [-0.1, -0.05) is 45.0 Å². The molecule has 0 saturated carbocycles. The molecule has 0 fully saturated rings. The average molecular weight is 334 g/mol. The molecule has 24 heavy (non-hydrogen) atoms. The van der Waals surface area contributed by atoms with E-state index >= 15 is 0 Å². The molecule has 0 saturated heterocycles. The Morgan fingerprint density at radius 1 is 1.33 bits per heavy atom. The van der Waals surface area contributed by atoms with Gasteiger partial charge in [-0.25, -0.2) is 4.39 Å². The number of rotatable bonds is 6. The van der Waals surface area contributed by atoms with Crippen LogP contribution in [-0.4, -0.2) is 35.7 Å². The molecule has 0 N–H and O–H groups in total. The number of hydrogen-bond donors (Lipinski definition) is 0. The second-order valence-electron chi connectivity index (χ2n) is 7.55. The predicted molar refractivity (Wildman–Crippen MR) is 93.4 cm³/mol. The van der Waals surface area contributed by atoms with Gasteiger partial charge in [0.15, 0.2) is 6.10 Å². The molecule has 1 aromatic rings. The predicted octanol–water partition coefficient (Wildman–Crippen LogP) is 3.99. The summed E-state index contributed by atoms with van der Waals surface area (Å²) in [6, 6.07) is 6.24. The van der Waals surface area contributed by atoms with E-state index in [-0.39, 0.29) is 23.2 Å². The number of halogens is 1. The fourth-order valence-corrected chi connectivity index (χ4v) is 2.74. The third-order valence-corrected chi connectivity index (χ3v) is 3.86. The third kappa shape index (κ3) is 5.32. The molecule has 1 aromatic carbocycles. The smallest absolute Gasteiger partial charge is 0.223 e. The minimum atomic E-state index is -0.267. The van der Waals surface area contributed by atoms with Crippen LogP contribution in [-0.2, 0) is 9.63 Å². The first-order valence-electron chi connectivity index (χ1n) is 8.55. The number of nitrogens with zero attached hydrogens (tertiary/aromatic N) is 2. The molecule has 1 atom stereocenters. The van der Waals surface area contributed by atoms with E-state index < -0.39 is 0 Å². The normalized spacial score (nSPS) is 17.4. The van der Waals surface area contributed by atoms with E-state index in [2.05, 4.69) is 32.9 Å². The Labute approximate surface area is 143 Å². The molecule has 2 rings (SSSR count). The number of carbonyl (C=O) groups excluding carboxylic acids is 1. The van der Waals surface area contributed by atoms with E-state index in [4.69, 9.17) is 4.84 Å². The maximum Gasteiger partial charge on any atom is 0.223 e. The van der Waals surface area contributed by atoms with Crippen molar-refractivity contribution in [2.24, 2.45) is 10.6 Å². The van der Waals surface area contributed by atoms with Crippen molar-refractivity contribution in [1.29, 1.82) is 0 Å². The van der Waals surface area contributed by atoms with Gasteiger partial charge in [0.25, 0.3) is 0 Å². The molecule has 0 aromatic heterocycles. The SMILES string of the molecule is CCCN(C[C@H]1CC(c2ccc(F)cc2)=NO1)C(=O)CC(C)(C)C. The van der Waals surface area contributed by atoms with Crippen molar-refractivity contribution in [2.45, 2.75) is 53.1 Å². The van der Waals surface area contributed by atoms with Crippen LogP contribution in [0.2, 0.25) is 0 Å². The van der Waals surface area contributed by atoms with Gasteiger partial charge in [0, 0.05) is 19.4 Å². The summed E-state index contributed by atoms with van der Waals surface area (Å²) < 4.78 is 13.0. The van der Waals surface area contributed by atoms with Crippen LogP contribution in [0.1, 0.15) is 52.5 Å². The zero-order valence-corrected chi connectivity index (χ0v) is 15.0. The fourth-order valence-electron chi connectivity index (χ4n) is 2.74. The highest BCUT2D eigenvalue weighted by molar-refractivity contribution is 6.01. The Morgan fingerprint density at radius 2 is 2.00 bits per heavy atom. The Hall–Kier alpha value is -1.91. The highest BCUT2D eigenvalue weighted by Gasteiger charge is 2.28. The molecular weight excluding hydrogens is 307 g/mol. The number of benzene rings is 1. The Bertz CT molecular complexity index is 590. The monoisotopic (exact) mass is 334 g/mol. The third-order valence-electron chi connectivity index (χ3n) is 3.86. The van der Waals surface area contributed by atoms with Crippen LogP contribution in [0.4, 0.5) is 4.39 Å². The van der Waals surface area contributed by atoms with Crippen molar-refractivity contribution in [3.63, 3.8) is 0 Å². The molecule has 1 amide bonds. The van der Waals surface area contributed by atoms with Gasteiger partial charge in [-0.3, -0.25) is 4.79 Å². The minimum Gasteiger partial charge on any atom is -0.390 e. The van der Waals surface area contributed by atoms with Gasteiger partial charge in [0.05, 0.1) is 12.3 Å². The summed E-state index contributed by atoms with van der Waals surface area (Å²) >= 11 is 0. The Balaban J connectivity index is 1.95. The van der Waals surface area contributed by atoms with Crippen LogP contribution in [0.3, 0.4) is 0 Å². The minimum absolute atomic E-state index is 0.0324. The molecule has 0 spiro atoms.